The summed E-state index contributed by atoms with van der Waals surface area (Å²) in [4.78, 5) is 33.7. The van der Waals surface area contributed by atoms with Crippen LogP contribution in [-0.4, -0.2) is 64.9 Å². The maximum Gasteiger partial charge on any atom is 0.494 e. The monoisotopic (exact) mass is 470 g/mol. The van der Waals surface area contributed by atoms with E-state index in [1.54, 1.807) is 18.0 Å². The number of carbonyl (C=O) groups excluding carboxylic acids is 2. The predicted molar refractivity (Wildman–Crippen MR) is 130 cm³/mol. The Balaban J connectivity index is 1.68. The van der Waals surface area contributed by atoms with E-state index >= 15 is 0 Å². The summed E-state index contributed by atoms with van der Waals surface area (Å²) in [6.45, 7) is 12.6. The Morgan fingerprint density at radius 3 is 2.35 bits per heavy atom. The molecule has 0 radical (unpaired) electrons. The minimum atomic E-state index is -0.698. The van der Waals surface area contributed by atoms with Gasteiger partial charge in [0.1, 0.15) is 11.9 Å². The molecular weight excluding hydrogens is 435 g/mol. The molecule has 2 aromatic rings. The average Bonchev–Trinajstić information content (AvgIpc) is 3.34. The number of imidazole rings is 1. The van der Waals surface area contributed by atoms with Crippen LogP contribution in [0.25, 0.3) is 11.3 Å². The molecular formula is C24H35BN4O5. The van der Waals surface area contributed by atoms with Gasteiger partial charge in [0.15, 0.2) is 0 Å². The van der Waals surface area contributed by atoms with E-state index in [1.807, 2.05) is 58.9 Å². The summed E-state index contributed by atoms with van der Waals surface area (Å²) < 4.78 is 16.8. The van der Waals surface area contributed by atoms with Crippen LogP contribution in [0.15, 0.2) is 30.5 Å². The Kier molecular flexibility index (Phi) is 7.72. The SMILES string of the molecule is CCCN(Cc1ncc(-c2ccc(B3OC(C)(C)C(C)(C)O3)cc2)[nH]1)C(=O)[C@H](C)NC(=O)OC. The molecule has 1 atom stereocenters. The lowest BCUT2D eigenvalue weighted by atomic mass is 9.79. The lowest BCUT2D eigenvalue weighted by Gasteiger charge is -2.32. The molecule has 1 aliphatic heterocycles. The molecule has 0 saturated carbocycles. The van der Waals surface area contributed by atoms with E-state index in [0.717, 1.165) is 23.1 Å². The number of nitrogens with zero attached hydrogens (tertiary/aromatic N) is 2. The van der Waals surface area contributed by atoms with E-state index in [4.69, 9.17) is 9.31 Å². The number of aromatic amines is 1. The van der Waals surface area contributed by atoms with Gasteiger partial charge in [-0.05, 0) is 52.1 Å². The second kappa shape index (κ2) is 10.2. The zero-order valence-electron chi connectivity index (χ0n) is 21.1. The lowest BCUT2D eigenvalue weighted by Crippen LogP contribution is -2.47. The van der Waals surface area contributed by atoms with E-state index in [9.17, 15) is 9.59 Å². The normalized spacial score (nSPS) is 17.3. The van der Waals surface area contributed by atoms with E-state index in [1.165, 1.54) is 7.11 Å². The molecule has 1 fully saturated rings. The van der Waals surface area contributed by atoms with Crippen LogP contribution in [0.1, 0.15) is 53.8 Å². The standard InChI is InChI=1S/C24H35BN4O5/c1-8-13-29(21(30)16(2)27-22(31)32-7)15-20-26-14-19(28-20)17-9-11-18(12-10-17)25-33-23(3,4)24(5,6)34-25/h9-12,14,16H,8,13,15H2,1-7H3,(H,26,28)(H,27,31)/t16-/m0/s1. The van der Waals surface area contributed by atoms with Crippen molar-refractivity contribution in [3.8, 4) is 11.3 Å². The van der Waals surface area contributed by atoms with Gasteiger partial charge in [-0.2, -0.15) is 0 Å². The molecule has 34 heavy (non-hydrogen) atoms. The van der Waals surface area contributed by atoms with Crippen LogP contribution in [-0.2, 0) is 25.4 Å². The first-order chi connectivity index (χ1) is 16.0. The molecule has 9 nitrogen and oxygen atoms in total. The number of amides is 2. The third-order valence-corrected chi connectivity index (χ3v) is 6.41. The molecule has 1 aromatic carbocycles. The van der Waals surface area contributed by atoms with Gasteiger partial charge < -0.3 is 29.2 Å². The first-order valence-corrected chi connectivity index (χ1v) is 11.6. The van der Waals surface area contributed by atoms with Gasteiger partial charge in [0.2, 0.25) is 5.91 Å². The van der Waals surface area contributed by atoms with Gasteiger partial charge in [-0.15, -0.1) is 0 Å². The van der Waals surface area contributed by atoms with Crippen LogP contribution < -0.4 is 10.8 Å². The maximum atomic E-state index is 12.8. The number of rotatable bonds is 8. The number of hydrogen-bond donors (Lipinski definition) is 2. The highest BCUT2D eigenvalue weighted by Gasteiger charge is 2.51. The topological polar surface area (TPSA) is 106 Å². The Labute approximate surface area is 201 Å². The van der Waals surface area contributed by atoms with Crippen LogP contribution in [0.4, 0.5) is 4.79 Å². The molecule has 1 saturated heterocycles. The van der Waals surface area contributed by atoms with Crippen LogP contribution in [0, 0.1) is 0 Å². The first-order valence-electron chi connectivity index (χ1n) is 11.6. The van der Waals surface area contributed by atoms with Crippen molar-refractivity contribution in [2.75, 3.05) is 13.7 Å². The van der Waals surface area contributed by atoms with Crippen molar-refractivity contribution in [3.63, 3.8) is 0 Å². The Morgan fingerprint density at radius 1 is 1.18 bits per heavy atom. The van der Waals surface area contributed by atoms with Crippen molar-refractivity contribution in [2.45, 2.75) is 71.8 Å². The van der Waals surface area contributed by atoms with E-state index in [-0.39, 0.29) is 17.1 Å². The summed E-state index contributed by atoms with van der Waals surface area (Å²) in [5.74, 6) is 0.467. The van der Waals surface area contributed by atoms with Gasteiger partial charge in [0.25, 0.3) is 0 Å². The van der Waals surface area contributed by atoms with Gasteiger partial charge in [-0.25, -0.2) is 9.78 Å². The molecule has 0 bridgehead atoms. The lowest BCUT2D eigenvalue weighted by molar-refractivity contribution is -0.133. The van der Waals surface area contributed by atoms with Crippen molar-refractivity contribution in [3.05, 3.63) is 36.3 Å². The fraction of sp³-hybridized carbons (Fsp3) is 0.542. The average molecular weight is 470 g/mol. The van der Waals surface area contributed by atoms with E-state index in [2.05, 4.69) is 20.0 Å². The summed E-state index contributed by atoms with van der Waals surface area (Å²) in [5, 5.41) is 2.52. The summed E-state index contributed by atoms with van der Waals surface area (Å²) in [6.07, 6.45) is 1.90. The molecule has 0 unspecified atom stereocenters. The zero-order chi connectivity index (χ0) is 25.1. The second-order valence-corrected chi connectivity index (χ2v) is 9.57. The van der Waals surface area contributed by atoms with Crippen LogP contribution >= 0.6 is 0 Å². The highest BCUT2D eigenvalue weighted by molar-refractivity contribution is 6.62. The van der Waals surface area contributed by atoms with Crippen LogP contribution in [0.2, 0.25) is 0 Å². The van der Waals surface area contributed by atoms with Crippen LogP contribution in [0.3, 0.4) is 0 Å². The summed E-state index contributed by atoms with van der Waals surface area (Å²) >= 11 is 0. The largest absolute Gasteiger partial charge is 0.494 e. The van der Waals surface area contributed by atoms with Gasteiger partial charge in [0, 0.05) is 6.54 Å². The Morgan fingerprint density at radius 2 is 1.79 bits per heavy atom. The summed E-state index contributed by atoms with van der Waals surface area (Å²) in [7, 11) is 0.855. The zero-order valence-corrected chi connectivity index (χ0v) is 21.1. The Bertz CT molecular complexity index is 989. The minimum absolute atomic E-state index is 0.197. The molecule has 0 aliphatic carbocycles. The number of carbonyl (C=O) groups is 2. The first kappa shape index (κ1) is 25.8. The number of H-pyrrole nitrogens is 1. The fourth-order valence-electron chi connectivity index (χ4n) is 3.68. The molecule has 1 aliphatic rings. The number of benzene rings is 1. The number of aromatic nitrogens is 2. The number of ether oxygens (including phenoxy) is 1. The summed E-state index contributed by atoms with van der Waals surface area (Å²) in [5.41, 5.74) is 1.99. The van der Waals surface area contributed by atoms with Crippen molar-refractivity contribution in [1.29, 1.82) is 0 Å². The fourth-order valence-corrected chi connectivity index (χ4v) is 3.68. The van der Waals surface area contributed by atoms with Crippen molar-refractivity contribution in [1.82, 2.24) is 20.2 Å². The van der Waals surface area contributed by atoms with Crippen molar-refractivity contribution >= 4 is 24.6 Å². The van der Waals surface area contributed by atoms with Crippen molar-refractivity contribution < 1.29 is 23.6 Å². The third-order valence-electron chi connectivity index (χ3n) is 6.41. The molecule has 10 heteroatoms. The van der Waals surface area contributed by atoms with Gasteiger partial charge in [0.05, 0.1) is 36.7 Å². The van der Waals surface area contributed by atoms with Gasteiger partial charge >= 0.3 is 13.2 Å². The van der Waals surface area contributed by atoms with Gasteiger partial charge in [-0.1, -0.05) is 31.2 Å². The maximum absolute atomic E-state index is 12.8. The van der Waals surface area contributed by atoms with Crippen LogP contribution in [0.5, 0.6) is 0 Å². The predicted octanol–water partition coefficient (Wildman–Crippen LogP) is 2.86. The van der Waals surface area contributed by atoms with Gasteiger partial charge in [-0.3, -0.25) is 4.79 Å². The van der Waals surface area contributed by atoms with E-state index < -0.39 is 19.3 Å². The smallest absolute Gasteiger partial charge is 0.453 e. The number of methoxy groups -OCH3 is 1. The highest BCUT2D eigenvalue weighted by atomic mass is 16.7. The number of nitrogens with one attached hydrogen (secondary N) is 2. The summed E-state index contributed by atoms with van der Waals surface area (Å²) in [6, 6.07) is 7.27. The van der Waals surface area contributed by atoms with Crippen molar-refractivity contribution in [2.24, 2.45) is 0 Å². The molecule has 3 rings (SSSR count). The second-order valence-electron chi connectivity index (χ2n) is 9.57. The number of alkyl carbamates (subject to hydrolysis) is 1. The molecule has 2 N–H and O–H groups in total. The molecule has 0 spiro atoms. The minimum Gasteiger partial charge on any atom is -0.453 e. The van der Waals surface area contributed by atoms with E-state index in [0.29, 0.717) is 18.9 Å². The quantitative estimate of drug-likeness (QED) is 0.575. The highest BCUT2D eigenvalue weighted by Crippen LogP contribution is 2.36. The molecule has 1 aromatic heterocycles. The Hall–Kier alpha value is -2.85. The molecule has 2 amide bonds. The number of hydrogen-bond acceptors (Lipinski definition) is 6. The molecule has 184 valence electrons. The molecule has 2 heterocycles. The third kappa shape index (κ3) is 5.62.